The SMILES string of the molecule is O=C(c1cn2c(ccc3sc4ccccc4c(=O)c32)n1)N1CCN(CCO)CC1. The molecular formula is C21H20N4O3S. The molecule has 0 unspecified atom stereocenters. The highest BCUT2D eigenvalue weighted by Crippen LogP contribution is 2.25. The van der Waals surface area contributed by atoms with Gasteiger partial charge in [-0.2, -0.15) is 0 Å². The lowest BCUT2D eigenvalue weighted by Crippen LogP contribution is -2.49. The number of aliphatic hydroxyl groups excluding tert-OH is 1. The fourth-order valence-corrected chi connectivity index (χ4v) is 4.99. The average molecular weight is 408 g/mol. The predicted octanol–water partition coefficient (Wildman–Crippen LogP) is 1.81. The molecule has 1 saturated heterocycles. The highest BCUT2D eigenvalue weighted by Gasteiger charge is 2.24. The Morgan fingerprint density at radius 1 is 1.07 bits per heavy atom. The number of β-amino-alcohol motifs (C(OH)–C–C–N with tert-alkyl or cyclic N) is 1. The molecule has 1 aliphatic heterocycles. The predicted molar refractivity (Wildman–Crippen MR) is 114 cm³/mol. The maximum Gasteiger partial charge on any atom is 0.274 e. The molecule has 0 spiro atoms. The molecule has 3 aromatic heterocycles. The second-order valence-corrected chi connectivity index (χ2v) is 8.27. The van der Waals surface area contributed by atoms with Crippen LogP contribution < -0.4 is 5.43 Å². The Kier molecular flexibility index (Phi) is 4.54. The number of imidazole rings is 1. The van der Waals surface area contributed by atoms with E-state index in [2.05, 4.69) is 9.88 Å². The van der Waals surface area contributed by atoms with E-state index in [1.807, 2.05) is 36.4 Å². The van der Waals surface area contributed by atoms with Gasteiger partial charge in [-0.05, 0) is 24.3 Å². The number of pyridine rings is 1. The summed E-state index contributed by atoms with van der Waals surface area (Å²) in [5.74, 6) is -0.123. The molecule has 0 saturated carbocycles. The molecule has 8 heteroatoms. The molecule has 1 aromatic carbocycles. The molecule has 1 amide bonds. The molecule has 0 aliphatic carbocycles. The maximum atomic E-state index is 13.1. The number of fused-ring (bicyclic) bond motifs is 4. The fraction of sp³-hybridized carbons (Fsp3) is 0.286. The second kappa shape index (κ2) is 7.22. The summed E-state index contributed by atoms with van der Waals surface area (Å²) < 4.78 is 3.56. The van der Waals surface area contributed by atoms with Crippen LogP contribution in [0.5, 0.6) is 0 Å². The average Bonchev–Trinajstić information content (AvgIpc) is 3.18. The Labute approximate surface area is 170 Å². The molecule has 5 rings (SSSR count). The molecule has 148 valence electrons. The van der Waals surface area contributed by atoms with Crippen molar-refractivity contribution >= 4 is 43.2 Å². The number of aliphatic hydroxyl groups is 1. The summed E-state index contributed by atoms with van der Waals surface area (Å²) >= 11 is 1.56. The summed E-state index contributed by atoms with van der Waals surface area (Å²) in [7, 11) is 0. The third-order valence-corrected chi connectivity index (χ3v) is 6.58. The van der Waals surface area contributed by atoms with Crippen LogP contribution in [0.15, 0.2) is 47.4 Å². The quantitative estimate of drug-likeness (QED) is 0.523. The Hall–Kier alpha value is -2.81. The van der Waals surface area contributed by atoms with E-state index >= 15 is 0 Å². The normalized spacial score (nSPS) is 15.6. The molecule has 1 N–H and O–H groups in total. The Bertz CT molecular complexity index is 1290. The van der Waals surface area contributed by atoms with E-state index in [4.69, 9.17) is 5.11 Å². The first-order valence-electron chi connectivity index (χ1n) is 9.62. The van der Waals surface area contributed by atoms with E-state index in [1.165, 1.54) is 0 Å². The number of carbonyl (C=O) groups is 1. The Balaban J connectivity index is 1.55. The molecular weight excluding hydrogens is 388 g/mol. The molecule has 7 nitrogen and oxygen atoms in total. The molecule has 0 atom stereocenters. The molecule has 0 radical (unpaired) electrons. The van der Waals surface area contributed by atoms with E-state index < -0.39 is 0 Å². The minimum Gasteiger partial charge on any atom is -0.395 e. The minimum absolute atomic E-state index is 0.0473. The molecule has 0 bridgehead atoms. The van der Waals surface area contributed by atoms with Gasteiger partial charge in [0.25, 0.3) is 5.91 Å². The number of benzene rings is 1. The highest BCUT2D eigenvalue weighted by molar-refractivity contribution is 7.24. The lowest BCUT2D eigenvalue weighted by Gasteiger charge is -2.33. The van der Waals surface area contributed by atoms with Crippen molar-refractivity contribution in [3.8, 4) is 0 Å². The number of rotatable bonds is 3. The standard InChI is InChI=1S/C21H20N4O3S/c26-12-11-23-7-9-24(10-8-23)21(28)15-13-25-18(22-15)6-5-17-19(25)20(27)14-3-1-2-4-16(14)29-17/h1-6,13,26H,7-12H2. The fourth-order valence-electron chi connectivity index (χ4n) is 3.91. The van der Waals surface area contributed by atoms with Crippen molar-refractivity contribution in [3.63, 3.8) is 0 Å². The van der Waals surface area contributed by atoms with Crippen molar-refractivity contribution in [1.82, 2.24) is 19.2 Å². The summed E-state index contributed by atoms with van der Waals surface area (Å²) in [6.07, 6.45) is 1.68. The van der Waals surface area contributed by atoms with Gasteiger partial charge in [0.05, 0.1) is 11.3 Å². The summed E-state index contributed by atoms with van der Waals surface area (Å²) in [6, 6.07) is 11.3. The van der Waals surface area contributed by atoms with Gasteiger partial charge in [0.1, 0.15) is 16.9 Å². The Morgan fingerprint density at radius 2 is 1.86 bits per heavy atom. The van der Waals surface area contributed by atoms with Gasteiger partial charge >= 0.3 is 0 Å². The van der Waals surface area contributed by atoms with Crippen molar-refractivity contribution < 1.29 is 9.90 Å². The number of nitrogens with zero attached hydrogens (tertiary/aromatic N) is 4. The van der Waals surface area contributed by atoms with Crippen LogP contribution in [0.3, 0.4) is 0 Å². The molecule has 1 aliphatic rings. The number of carbonyl (C=O) groups excluding carboxylic acids is 1. The van der Waals surface area contributed by atoms with Crippen molar-refractivity contribution in [2.75, 3.05) is 39.3 Å². The maximum absolute atomic E-state index is 13.1. The Morgan fingerprint density at radius 3 is 2.66 bits per heavy atom. The summed E-state index contributed by atoms with van der Waals surface area (Å²) in [4.78, 5) is 34.5. The second-order valence-electron chi connectivity index (χ2n) is 7.19. The first kappa shape index (κ1) is 18.2. The first-order chi connectivity index (χ1) is 14.2. The van der Waals surface area contributed by atoms with Crippen LogP contribution in [-0.2, 0) is 0 Å². The molecule has 4 heterocycles. The van der Waals surface area contributed by atoms with Gasteiger partial charge in [0.15, 0.2) is 0 Å². The van der Waals surface area contributed by atoms with Gasteiger partial charge in [0.2, 0.25) is 5.43 Å². The zero-order valence-electron chi connectivity index (χ0n) is 15.7. The lowest BCUT2D eigenvalue weighted by molar-refractivity contribution is 0.0610. The zero-order valence-corrected chi connectivity index (χ0v) is 16.6. The van der Waals surface area contributed by atoms with Crippen molar-refractivity contribution in [3.05, 3.63) is 58.5 Å². The van der Waals surface area contributed by atoms with Gasteiger partial charge in [-0.25, -0.2) is 4.98 Å². The number of piperazine rings is 1. The van der Waals surface area contributed by atoms with Crippen LogP contribution in [0.4, 0.5) is 0 Å². The van der Waals surface area contributed by atoms with E-state index in [0.29, 0.717) is 41.9 Å². The van der Waals surface area contributed by atoms with Crippen molar-refractivity contribution in [2.24, 2.45) is 0 Å². The zero-order chi connectivity index (χ0) is 20.0. The third-order valence-electron chi connectivity index (χ3n) is 5.45. The van der Waals surface area contributed by atoms with E-state index in [9.17, 15) is 9.59 Å². The lowest BCUT2D eigenvalue weighted by atomic mass is 10.2. The topological polar surface area (TPSA) is 78.2 Å². The first-order valence-corrected chi connectivity index (χ1v) is 10.4. The van der Waals surface area contributed by atoms with Gasteiger partial charge in [-0.3, -0.25) is 18.9 Å². The van der Waals surface area contributed by atoms with Gasteiger partial charge in [-0.15, -0.1) is 11.3 Å². The van der Waals surface area contributed by atoms with Crippen LogP contribution in [0.2, 0.25) is 0 Å². The van der Waals surface area contributed by atoms with E-state index in [0.717, 1.165) is 22.5 Å². The van der Waals surface area contributed by atoms with Crippen molar-refractivity contribution in [1.29, 1.82) is 0 Å². The summed E-state index contributed by atoms with van der Waals surface area (Å²) in [6.45, 7) is 3.44. The van der Waals surface area contributed by atoms with Crippen molar-refractivity contribution in [2.45, 2.75) is 0 Å². The summed E-state index contributed by atoms with van der Waals surface area (Å²) in [5.41, 5.74) is 1.46. The van der Waals surface area contributed by atoms with Crippen LogP contribution in [0, 0.1) is 0 Å². The molecule has 1 fully saturated rings. The monoisotopic (exact) mass is 408 g/mol. The number of amides is 1. The number of hydrogen-bond acceptors (Lipinski definition) is 6. The minimum atomic E-state index is -0.123. The highest BCUT2D eigenvalue weighted by atomic mass is 32.1. The van der Waals surface area contributed by atoms with E-state index in [-0.39, 0.29) is 17.9 Å². The van der Waals surface area contributed by atoms with Crippen LogP contribution >= 0.6 is 11.3 Å². The molecule has 4 aromatic rings. The number of aromatic nitrogens is 2. The van der Waals surface area contributed by atoms with Gasteiger partial charge < -0.3 is 10.0 Å². The van der Waals surface area contributed by atoms with Crippen LogP contribution in [0.1, 0.15) is 10.5 Å². The third kappa shape index (κ3) is 3.09. The van der Waals surface area contributed by atoms with E-state index in [1.54, 1.807) is 26.8 Å². The van der Waals surface area contributed by atoms with Gasteiger partial charge in [0, 0.05) is 49.0 Å². The van der Waals surface area contributed by atoms with Crippen LogP contribution in [0.25, 0.3) is 25.9 Å². The van der Waals surface area contributed by atoms with Crippen LogP contribution in [-0.4, -0.2) is 69.5 Å². The smallest absolute Gasteiger partial charge is 0.274 e. The number of hydrogen-bond donors (Lipinski definition) is 1. The largest absolute Gasteiger partial charge is 0.395 e. The van der Waals surface area contributed by atoms with Gasteiger partial charge in [-0.1, -0.05) is 12.1 Å². The molecule has 29 heavy (non-hydrogen) atoms. The summed E-state index contributed by atoms with van der Waals surface area (Å²) in [5, 5.41) is 9.75.